The Hall–Kier alpha value is -3.32. The molecule has 0 amide bonds. The van der Waals surface area contributed by atoms with Crippen LogP contribution in [0.5, 0.6) is 17.2 Å². The van der Waals surface area contributed by atoms with E-state index in [0.717, 1.165) is 31.0 Å². The lowest BCUT2D eigenvalue weighted by Gasteiger charge is -2.36. The number of ether oxygens (including phenoxy) is 4. The Bertz CT molecular complexity index is 1140. The van der Waals surface area contributed by atoms with E-state index in [9.17, 15) is 9.59 Å². The molecule has 0 saturated carbocycles. The van der Waals surface area contributed by atoms with Gasteiger partial charge in [0.05, 0.1) is 12.5 Å². The molecule has 0 unspecified atom stereocenters. The maximum Gasteiger partial charge on any atom is 0.342 e. The molecular formula is C26H27NO6. The van der Waals surface area contributed by atoms with Crippen molar-refractivity contribution in [1.82, 2.24) is 4.90 Å². The normalized spacial score (nSPS) is 25.3. The Morgan fingerprint density at radius 1 is 1.15 bits per heavy atom. The fourth-order valence-corrected chi connectivity index (χ4v) is 5.23. The molecule has 172 valence electrons. The minimum atomic E-state index is -0.535. The van der Waals surface area contributed by atoms with Crippen LogP contribution in [0, 0.1) is 0 Å². The molecule has 3 aliphatic rings. The Labute approximate surface area is 192 Å². The number of benzene rings is 2. The molecule has 2 aromatic rings. The lowest BCUT2D eigenvalue weighted by Crippen LogP contribution is -2.43. The molecule has 2 aliphatic heterocycles. The molecule has 0 saturated heterocycles. The second kappa shape index (κ2) is 8.23. The predicted molar refractivity (Wildman–Crippen MR) is 121 cm³/mol. The summed E-state index contributed by atoms with van der Waals surface area (Å²) in [6.07, 6.45) is 4.94. The van der Waals surface area contributed by atoms with E-state index in [2.05, 4.69) is 24.1 Å². The maximum atomic E-state index is 12.9. The second-order valence-corrected chi connectivity index (χ2v) is 8.89. The van der Waals surface area contributed by atoms with Crippen molar-refractivity contribution in [3.8, 4) is 17.2 Å². The molecule has 0 bridgehead atoms. The van der Waals surface area contributed by atoms with E-state index in [-0.39, 0.29) is 22.8 Å². The monoisotopic (exact) mass is 449 g/mol. The summed E-state index contributed by atoms with van der Waals surface area (Å²) in [5.41, 5.74) is 2.38. The topological polar surface area (TPSA) is 74.3 Å². The largest absolute Gasteiger partial charge is 0.493 e. The first-order chi connectivity index (χ1) is 15.9. The molecule has 7 nitrogen and oxygen atoms in total. The molecule has 2 heterocycles. The molecular weight excluding hydrogens is 422 g/mol. The molecule has 0 radical (unpaired) electrons. The van der Waals surface area contributed by atoms with Crippen LogP contribution in [0.1, 0.15) is 41.3 Å². The highest BCUT2D eigenvalue weighted by atomic mass is 16.6. The van der Waals surface area contributed by atoms with Crippen LogP contribution in [0.3, 0.4) is 0 Å². The minimum absolute atomic E-state index is 0.166. The van der Waals surface area contributed by atoms with Crippen molar-refractivity contribution in [3.05, 3.63) is 65.2 Å². The number of hydrogen-bond acceptors (Lipinski definition) is 7. The van der Waals surface area contributed by atoms with Crippen LogP contribution in [0.2, 0.25) is 0 Å². The van der Waals surface area contributed by atoms with Crippen molar-refractivity contribution < 1.29 is 28.5 Å². The summed E-state index contributed by atoms with van der Waals surface area (Å²) in [5.74, 6) is 0.690. The van der Waals surface area contributed by atoms with Gasteiger partial charge < -0.3 is 23.8 Å². The highest BCUT2D eigenvalue weighted by Crippen LogP contribution is 2.55. The van der Waals surface area contributed by atoms with E-state index >= 15 is 0 Å². The average Bonchev–Trinajstić information content (AvgIpc) is 3.05. The summed E-state index contributed by atoms with van der Waals surface area (Å²) in [5, 5.41) is 0. The molecule has 5 rings (SSSR count). The fourth-order valence-electron chi connectivity index (χ4n) is 5.23. The van der Waals surface area contributed by atoms with Crippen LogP contribution in [-0.4, -0.2) is 49.7 Å². The molecule has 0 aromatic heterocycles. The van der Waals surface area contributed by atoms with Gasteiger partial charge in [-0.15, -0.1) is 0 Å². The van der Waals surface area contributed by atoms with Crippen LogP contribution >= 0.6 is 0 Å². The van der Waals surface area contributed by atoms with Crippen molar-refractivity contribution in [1.29, 1.82) is 0 Å². The molecule has 1 aliphatic carbocycles. The summed E-state index contributed by atoms with van der Waals surface area (Å²) in [6, 6.07) is 10.7. The van der Waals surface area contributed by atoms with Crippen molar-refractivity contribution in [2.45, 2.75) is 43.9 Å². The van der Waals surface area contributed by atoms with E-state index in [1.807, 2.05) is 12.1 Å². The average molecular weight is 450 g/mol. The van der Waals surface area contributed by atoms with E-state index in [1.165, 1.54) is 18.1 Å². The molecule has 7 heteroatoms. The summed E-state index contributed by atoms with van der Waals surface area (Å²) in [4.78, 5) is 26.6. The van der Waals surface area contributed by atoms with Gasteiger partial charge in [-0.05, 0) is 49.9 Å². The SMILES string of the molecule is COc1ccc2c3c1O[C@H]1C[C@@H](OC(=O)c4ccccc4OC(C)=O)C=C[C@@]31CCN(C)C2. The van der Waals surface area contributed by atoms with Crippen molar-refractivity contribution >= 4 is 11.9 Å². The van der Waals surface area contributed by atoms with Crippen molar-refractivity contribution in [3.63, 3.8) is 0 Å². The number of para-hydroxylation sites is 1. The van der Waals surface area contributed by atoms with Crippen LogP contribution in [0.25, 0.3) is 0 Å². The van der Waals surface area contributed by atoms with E-state index in [1.54, 1.807) is 31.4 Å². The quantitative estimate of drug-likeness (QED) is 0.401. The van der Waals surface area contributed by atoms with Gasteiger partial charge in [-0.2, -0.15) is 0 Å². The predicted octanol–water partition coefficient (Wildman–Crippen LogP) is 3.64. The summed E-state index contributed by atoms with van der Waals surface area (Å²) in [7, 11) is 3.78. The third-order valence-corrected chi connectivity index (χ3v) is 6.75. The molecule has 0 fully saturated rings. The number of hydrogen-bond donors (Lipinski definition) is 0. The zero-order chi connectivity index (χ0) is 23.2. The summed E-state index contributed by atoms with van der Waals surface area (Å²) >= 11 is 0. The second-order valence-electron chi connectivity index (χ2n) is 8.89. The smallest absolute Gasteiger partial charge is 0.342 e. The van der Waals surface area contributed by atoms with Gasteiger partial charge in [0, 0.05) is 25.5 Å². The van der Waals surface area contributed by atoms with E-state index in [4.69, 9.17) is 18.9 Å². The first-order valence-corrected chi connectivity index (χ1v) is 11.1. The Morgan fingerprint density at radius 2 is 1.97 bits per heavy atom. The van der Waals surface area contributed by atoms with E-state index in [0.29, 0.717) is 6.42 Å². The number of carbonyl (C=O) groups excluding carboxylic acids is 2. The number of carbonyl (C=O) groups is 2. The van der Waals surface area contributed by atoms with Gasteiger partial charge in [-0.3, -0.25) is 4.79 Å². The molecule has 2 aromatic carbocycles. The maximum absolute atomic E-state index is 12.9. The number of nitrogens with zero attached hydrogens (tertiary/aromatic N) is 1. The lowest BCUT2D eigenvalue weighted by atomic mass is 9.69. The van der Waals surface area contributed by atoms with Gasteiger partial charge in [-0.25, -0.2) is 4.79 Å². The van der Waals surface area contributed by atoms with Crippen LogP contribution in [0.15, 0.2) is 48.6 Å². The number of methoxy groups -OCH3 is 1. The fraction of sp³-hybridized carbons (Fsp3) is 0.385. The zero-order valence-corrected chi connectivity index (χ0v) is 19.0. The van der Waals surface area contributed by atoms with Crippen molar-refractivity contribution in [2.24, 2.45) is 0 Å². The molecule has 3 atom stereocenters. The number of esters is 2. The first-order valence-electron chi connectivity index (χ1n) is 11.1. The van der Waals surface area contributed by atoms with Crippen LogP contribution in [0.4, 0.5) is 0 Å². The van der Waals surface area contributed by atoms with Crippen LogP contribution < -0.4 is 14.2 Å². The van der Waals surface area contributed by atoms with E-state index < -0.39 is 18.0 Å². The Balaban J connectivity index is 1.43. The van der Waals surface area contributed by atoms with Gasteiger partial charge in [0.15, 0.2) is 11.5 Å². The van der Waals surface area contributed by atoms with Crippen molar-refractivity contribution in [2.75, 3.05) is 20.7 Å². The number of rotatable bonds is 4. The lowest BCUT2D eigenvalue weighted by molar-refractivity contribution is -0.131. The Morgan fingerprint density at radius 3 is 2.76 bits per heavy atom. The van der Waals surface area contributed by atoms with Gasteiger partial charge in [0.1, 0.15) is 23.5 Å². The van der Waals surface area contributed by atoms with Gasteiger partial charge >= 0.3 is 11.9 Å². The van der Waals surface area contributed by atoms with Gasteiger partial charge in [0.25, 0.3) is 0 Å². The highest BCUT2D eigenvalue weighted by molar-refractivity contribution is 5.93. The summed E-state index contributed by atoms with van der Waals surface area (Å²) in [6.45, 7) is 3.08. The third-order valence-electron chi connectivity index (χ3n) is 6.75. The molecule has 0 N–H and O–H groups in total. The molecule has 33 heavy (non-hydrogen) atoms. The van der Waals surface area contributed by atoms with Crippen LogP contribution in [-0.2, 0) is 21.5 Å². The zero-order valence-electron chi connectivity index (χ0n) is 19.0. The summed E-state index contributed by atoms with van der Waals surface area (Å²) < 4.78 is 23.1. The first kappa shape index (κ1) is 21.5. The highest BCUT2D eigenvalue weighted by Gasteiger charge is 2.53. The van der Waals surface area contributed by atoms with Gasteiger partial charge in [-0.1, -0.05) is 24.3 Å². The molecule has 1 spiro atoms. The van der Waals surface area contributed by atoms with Gasteiger partial charge in [0.2, 0.25) is 0 Å². The minimum Gasteiger partial charge on any atom is -0.493 e. The standard InChI is InChI=1S/C26H27NO6/c1-16(28)31-20-7-5-4-6-19(20)25(29)32-18-10-11-26-12-13-27(2)15-17-8-9-21(30-3)24(23(17)26)33-22(26)14-18/h4-11,18,22H,12-15H2,1-3H3/t18-,22-,26-/m0/s1. The third kappa shape index (κ3) is 3.66. The Kier molecular flexibility index (Phi) is 5.37.